The third-order valence-corrected chi connectivity index (χ3v) is 2.77. The second kappa shape index (κ2) is 6.00. The normalized spacial score (nSPS) is 10.2. The summed E-state index contributed by atoms with van der Waals surface area (Å²) in [4.78, 5) is 26.6. The van der Waals surface area contributed by atoms with Crippen molar-refractivity contribution in [2.75, 3.05) is 6.61 Å². The van der Waals surface area contributed by atoms with Gasteiger partial charge in [0.2, 0.25) is 0 Å². The number of aromatic nitrogens is 1. The van der Waals surface area contributed by atoms with Gasteiger partial charge in [-0.2, -0.15) is 0 Å². The highest BCUT2D eigenvalue weighted by Crippen LogP contribution is 2.13. The Morgan fingerprint density at radius 3 is 2.58 bits per heavy atom. The molecule has 0 bridgehead atoms. The van der Waals surface area contributed by atoms with Crippen molar-refractivity contribution in [1.29, 1.82) is 0 Å². The fourth-order valence-electron chi connectivity index (χ4n) is 1.84. The molecule has 4 nitrogen and oxygen atoms in total. The van der Waals surface area contributed by atoms with Crippen LogP contribution in [0.4, 0.5) is 0 Å². The van der Waals surface area contributed by atoms with E-state index < -0.39 is 5.97 Å². The summed E-state index contributed by atoms with van der Waals surface area (Å²) < 4.78 is 4.94. The summed E-state index contributed by atoms with van der Waals surface area (Å²) in [5.41, 5.74) is 1.72. The molecule has 0 saturated heterocycles. The summed E-state index contributed by atoms with van der Waals surface area (Å²) in [7, 11) is 0. The van der Waals surface area contributed by atoms with E-state index in [-0.39, 0.29) is 12.2 Å². The molecule has 0 saturated carbocycles. The second-order valence-electron chi connectivity index (χ2n) is 4.08. The van der Waals surface area contributed by atoms with Gasteiger partial charge in [0, 0.05) is 24.4 Å². The summed E-state index contributed by atoms with van der Waals surface area (Å²) in [6, 6.07) is 9.02. The Kier molecular flexibility index (Phi) is 4.13. The summed E-state index contributed by atoms with van der Waals surface area (Å²) >= 11 is 0. The number of carbonyl (C=O) groups excluding carboxylic acids is 2. The molecule has 0 spiro atoms. The molecule has 0 unspecified atom stereocenters. The summed E-state index contributed by atoms with van der Waals surface area (Å²) in [6.07, 6.45) is 3.40. The topological polar surface area (TPSA) is 59.2 Å². The molecule has 1 aromatic carbocycles. The minimum Gasteiger partial charge on any atom is -0.462 e. The number of nitrogens with one attached hydrogen (secondary N) is 1. The second-order valence-corrected chi connectivity index (χ2v) is 4.08. The van der Waals surface area contributed by atoms with E-state index in [1.165, 1.54) is 0 Å². The van der Waals surface area contributed by atoms with Crippen molar-refractivity contribution in [3.63, 3.8) is 0 Å². The van der Waals surface area contributed by atoms with E-state index in [0.717, 1.165) is 0 Å². The lowest BCUT2D eigenvalue weighted by Gasteiger charge is -2.03. The molecule has 0 amide bonds. The smallest absolute Gasteiger partial charge is 0.339 e. The van der Waals surface area contributed by atoms with Gasteiger partial charge in [0.25, 0.3) is 0 Å². The number of H-pyrrole nitrogens is 1. The number of aromatic amines is 1. The molecule has 4 heteroatoms. The number of esters is 1. The van der Waals surface area contributed by atoms with Gasteiger partial charge in [-0.25, -0.2) is 4.79 Å². The number of rotatable bonds is 5. The number of ketones is 1. The zero-order valence-corrected chi connectivity index (χ0v) is 10.7. The van der Waals surface area contributed by atoms with Crippen LogP contribution >= 0.6 is 0 Å². The molecule has 2 aromatic rings. The monoisotopic (exact) mass is 257 g/mol. The molecule has 0 aliphatic carbocycles. The van der Waals surface area contributed by atoms with Crippen molar-refractivity contribution in [3.8, 4) is 0 Å². The van der Waals surface area contributed by atoms with Crippen LogP contribution in [0.15, 0.2) is 42.7 Å². The molecule has 19 heavy (non-hydrogen) atoms. The maximum Gasteiger partial charge on any atom is 0.339 e. The van der Waals surface area contributed by atoms with Crippen molar-refractivity contribution in [2.24, 2.45) is 0 Å². The van der Waals surface area contributed by atoms with Crippen molar-refractivity contribution in [2.45, 2.75) is 13.3 Å². The van der Waals surface area contributed by atoms with Crippen LogP contribution in [0.1, 0.15) is 33.2 Å². The largest absolute Gasteiger partial charge is 0.462 e. The first kappa shape index (κ1) is 13.1. The maximum atomic E-state index is 12.1. The lowest BCUT2D eigenvalue weighted by atomic mass is 10.0. The maximum absolute atomic E-state index is 12.1. The minimum absolute atomic E-state index is 0.0225. The summed E-state index contributed by atoms with van der Waals surface area (Å²) in [5, 5.41) is 0. The van der Waals surface area contributed by atoms with E-state index in [0.29, 0.717) is 23.3 Å². The molecular formula is C15H15NO3. The Labute approximate surface area is 111 Å². The van der Waals surface area contributed by atoms with Gasteiger partial charge in [-0.3, -0.25) is 4.79 Å². The standard InChI is InChI=1S/C15H15NO3/c1-2-19-15(18)13-10-16-9-12(13)8-14(17)11-6-4-3-5-7-11/h3-7,9-10,16H,2,8H2,1H3. The molecular weight excluding hydrogens is 242 g/mol. The van der Waals surface area contributed by atoms with Gasteiger partial charge in [-0.05, 0) is 12.5 Å². The van der Waals surface area contributed by atoms with E-state index in [9.17, 15) is 9.59 Å². The highest BCUT2D eigenvalue weighted by atomic mass is 16.5. The average molecular weight is 257 g/mol. The zero-order chi connectivity index (χ0) is 13.7. The van der Waals surface area contributed by atoms with Gasteiger partial charge in [0.05, 0.1) is 12.2 Å². The van der Waals surface area contributed by atoms with E-state index in [4.69, 9.17) is 4.74 Å². The fourth-order valence-corrected chi connectivity index (χ4v) is 1.84. The van der Waals surface area contributed by atoms with E-state index in [1.54, 1.807) is 31.5 Å². The van der Waals surface area contributed by atoms with Crippen LogP contribution in [0.5, 0.6) is 0 Å². The van der Waals surface area contributed by atoms with Crippen molar-refractivity contribution < 1.29 is 14.3 Å². The van der Waals surface area contributed by atoms with Crippen LogP contribution in [0.3, 0.4) is 0 Å². The number of ether oxygens (including phenoxy) is 1. The van der Waals surface area contributed by atoms with Gasteiger partial charge in [0.15, 0.2) is 5.78 Å². The van der Waals surface area contributed by atoms with Crippen molar-refractivity contribution >= 4 is 11.8 Å². The van der Waals surface area contributed by atoms with Crippen molar-refractivity contribution in [3.05, 3.63) is 59.4 Å². The molecule has 0 fully saturated rings. The van der Waals surface area contributed by atoms with Crippen LogP contribution < -0.4 is 0 Å². The number of Topliss-reactive ketones (excluding diaryl/α,β-unsaturated/α-hetero) is 1. The Hall–Kier alpha value is -2.36. The van der Waals surface area contributed by atoms with Crippen LogP contribution in [0, 0.1) is 0 Å². The highest BCUT2D eigenvalue weighted by molar-refractivity contribution is 5.99. The number of hydrogen-bond acceptors (Lipinski definition) is 3. The first-order valence-corrected chi connectivity index (χ1v) is 6.13. The Balaban J connectivity index is 2.14. The first-order chi connectivity index (χ1) is 9.22. The lowest BCUT2D eigenvalue weighted by molar-refractivity contribution is 0.0525. The Morgan fingerprint density at radius 1 is 1.16 bits per heavy atom. The Bertz CT molecular complexity index is 572. The molecule has 98 valence electrons. The summed E-state index contributed by atoms with van der Waals surface area (Å²) in [5.74, 6) is -0.426. The van der Waals surface area contributed by atoms with Gasteiger partial charge in [-0.1, -0.05) is 30.3 Å². The Morgan fingerprint density at radius 2 is 1.89 bits per heavy atom. The molecule has 0 radical (unpaired) electrons. The van der Waals surface area contributed by atoms with Gasteiger partial charge < -0.3 is 9.72 Å². The molecule has 2 rings (SSSR count). The van der Waals surface area contributed by atoms with Gasteiger partial charge in [0.1, 0.15) is 0 Å². The number of benzene rings is 1. The van der Waals surface area contributed by atoms with Crippen LogP contribution in [0.25, 0.3) is 0 Å². The first-order valence-electron chi connectivity index (χ1n) is 6.13. The SMILES string of the molecule is CCOC(=O)c1c[nH]cc1CC(=O)c1ccccc1. The number of hydrogen-bond donors (Lipinski definition) is 1. The predicted octanol–water partition coefficient (Wildman–Crippen LogP) is 2.62. The highest BCUT2D eigenvalue weighted by Gasteiger charge is 2.16. The van der Waals surface area contributed by atoms with Crippen LogP contribution in [-0.2, 0) is 11.2 Å². The van der Waals surface area contributed by atoms with Crippen molar-refractivity contribution in [1.82, 2.24) is 4.98 Å². The quantitative estimate of drug-likeness (QED) is 0.661. The van der Waals surface area contributed by atoms with E-state index in [1.807, 2.05) is 18.2 Å². The fraction of sp³-hybridized carbons (Fsp3) is 0.200. The van der Waals surface area contributed by atoms with E-state index in [2.05, 4.69) is 4.98 Å². The molecule has 1 heterocycles. The van der Waals surface area contributed by atoms with Gasteiger partial charge >= 0.3 is 5.97 Å². The third-order valence-electron chi connectivity index (χ3n) is 2.77. The van der Waals surface area contributed by atoms with Crippen LogP contribution in [-0.4, -0.2) is 23.3 Å². The zero-order valence-electron chi connectivity index (χ0n) is 10.7. The molecule has 0 atom stereocenters. The van der Waals surface area contributed by atoms with Crippen LogP contribution in [0.2, 0.25) is 0 Å². The third kappa shape index (κ3) is 3.10. The molecule has 0 aliphatic heterocycles. The molecule has 1 aromatic heterocycles. The predicted molar refractivity (Wildman–Crippen MR) is 71.2 cm³/mol. The lowest BCUT2D eigenvalue weighted by Crippen LogP contribution is -2.09. The van der Waals surface area contributed by atoms with E-state index >= 15 is 0 Å². The molecule has 0 aliphatic rings. The van der Waals surface area contributed by atoms with Gasteiger partial charge in [-0.15, -0.1) is 0 Å². The number of carbonyl (C=O) groups is 2. The minimum atomic E-state index is -0.403. The average Bonchev–Trinajstić information content (AvgIpc) is 2.88. The summed E-state index contributed by atoms with van der Waals surface area (Å²) in [6.45, 7) is 2.06. The molecule has 1 N–H and O–H groups in total.